The predicted molar refractivity (Wildman–Crippen MR) is 84.1 cm³/mol. The number of carbonyl (C=O) groups excluding carboxylic acids is 1. The van der Waals surface area contributed by atoms with Gasteiger partial charge in [0.2, 0.25) is 5.91 Å². The zero-order valence-corrected chi connectivity index (χ0v) is 11.9. The van der Waals surface area contributed by atoms with Gasteiger partial charge in [0.1, 0.15) is 0 Å². The van der Waals surface area contributed by atoms with E-state index in [1.807, 2.05) is 62.4 Å². The Morgan fingerprint density at radius 3 is 2.55 bits per heavy atom. The van der Waals surface area contributed by atoms with Gasteiger partial charge in [-0.25, -0.2) is 0 Å². The Bertz CT molecular complexity index is 579. The van der Waals surface area contributed by atoms with Gasteiger partial charge in [-0.05, 0) is 43.2 Å². The molecule has 0 radical (unpaired) electrons. The van der Waals surface area contributed by atoms with Crippen LogP contribution >= 0.6 is 0 Å². The summed E-state index contributed by atoms with van der Waals surface area (Å²) >= 11 is 0. The minimum Gasteiger partial charge on any atom is -0.385 e. The van der Waals surface area contributed by atoms with E-state index in [4.69, 9.17) is 0 Å². The Hall–Kier alpha value is -2.29. The maximum absolute atomic E-state index is 11.9. The number of aryl methyl sites for hydroxylation is 2. The highest BCUT2D eigenvalue weighted by molar-refractivity contribution is 5.91. The molecule has 0 heterocycles. The Kier molecular flexibility index (Phi) is 4.77. The number of para-hydroxylation sites is 1. The van der Waals surface area contributed by atoms with Gasteiger partial charge in [0, 0.05) is 24.3 Å². The molecular formula is C17H20N2O. The maximum atomic E-state index is 11.9. The topological polar surface area (TPSA) is 41.1 Å². The largest absolute Gasteiger partial charge is 0.385 e. The number of hydrogen-bond acceptors (Lipinski definition) is 2. The first kappa shape index (κ1) is 14.1. The summed E-state index contributed by atoms with van der Waals surface area (Å²) in [7, 11) is 0. The van der Waals surface area contributed by atoms with Crippen LogP contribution in [0.25, 0.3) is 0 Å². The minimum atomic E-state index is 0.0298. The van der Waals surface area contributed by atoms with Crippen LogP contribution in [-0.4, -0.2) is 12.5 Å². The fourth-order valence-electron chi connectivity index (χ4n) is 1.96. The van der Waals surface area contributed by atoms with Crippen molar-refractivity contribution >= 4 is 17.3 Å². The minimum absolute atomic E-state index is 0.0298. The normalized spacial score (nSPS) is 10.1. The van der Waals surface area contributed by atoms with Crippen LogP contribution in [0.15, 0.2) is 48.5 Å². The van der Waals surface area contributed by atoms with E-state index in [-0.39, 0.29) is 5.91 Å². The summed E-state index contributed by atoms with van der Waals surface area (Å²) in [5.41, 5.74) is 4.16. The molecule has 1 amide bonds. The number of nitrogens with one attached hydrogen (secondary N) is 2. The molecule has 2 rings (SSSR count). The predicted octanol–water partition coefficient (Wildman–Crippen LogP) is 3.74. The van der Waals surface area contributed by atoms with Gasteiger partial charge >= 0.3 is 0 Å². The lowest BCUT2D eigenvalue weighted by Crippen LogP contribution is -2.16. The van der Waals surface area contributed by atoms with E-state index in [1.165, 1.54) is 0 Å². The third-order valence-corrected chi connectivity index (χ3v) is 3.12. The molecular weight excluding hydrogens is 248 g/mol. The lowest BCUT2D eigenvalue weighted by molar-refractivity contribution is -0.115. The summed E-state index contributed by atoms with van der Waals surface area (Å²) in [6.07, 6.45) is 0.447. The molecule has 0 saturated heterocycles. The molecule has 0 atom stereocenters. The molecule has 2 aromatic carbocycles. The van der Waals surface area contributed by atoms with Crippen molar-refractivity contribution in [2.45, 2.75) is 20.3 Å². The molecule has 104 valence electrons. The Labute approximate surface area is 120 Å². The van der Waals surface area contributed by atoms with Crippen molar-refractivity contribution in [2.75, 3.05) is 17.2 Å². The number of hydrogen-bond donors (Lipinski definition) is 2. The molecule has 20 heavy (non-hydrogen) atoms. The first-order valence-corrected chi connectivity index (χ1v) is 6.81. The SMILES string of the molecule is Cc1ccc(C)c(NC(=O)CCNc2ccccc2)c1. The van der Waals surface area contributed by atoms with E-state index in [9.17, 15) is 4.79 Å². The first-order valence-electron chi connectivity index (χ1n) is 6.81. The van der Waals surface area contributed by atoms with Gasteiger partial charge in [-0.3, -0.25) is 4.79 Å². The van der Waals surface area contributed by atoms with Gasteiger partial charge < -0.3 is 10.6 Å². The second-order valence-corrected chi connectivity index (χ2v) is 4.91. The Balaban J connectivity index is 1.82. The van der Waals surface area contributed by atoms with E-state index in [0.717, 1.165) is 22.5 Å². The molecule has 0 aliphatic heterocycles. The fraction of sp³-hybridized carbons (Fsp3) is 0.235. The summed E-state index contributed by atoms with van der Waals surface area (Å²) in [6.45, 7) is 4.64. The monoisotopic (exact) mass is 268 g/mol. The summed E-state index contributed by atoms with van der Waals surface area (Å²) < 4.78 is 0. The standard InChI is InChI=1S/C17H20N2O/c1-13-8-9-14(2)16(12-13)19-17(20)10-11-18-15-6-4-3-5-7-15/h3-9,12,18H,10-11H2,1-2H3,(H,19,20). The van der Waals surface area contributed by atoms with Crippen LogP contribution in [0.4, 0.5) is 11.4 Å². The van der Waals surface area contributed by atoms with Crippen molar-refractivity contribution in [2.24, 2.45) is 0 Å². The molecule has 0 spiro atoms. The third kappa shape index (κ3) is 4.12. The molecule has 0 bridgehead atoms. The van der Waals surface area contributed by atoms with Crippen molar-refractivity contribution in [1.29, 1.82) is 0 Å². The zero-order valence-electron chi connectivity index (χ0n) is 11.9. The van der Waals surface area contributed by atoms with E-state index in [1.54, 1.807) is 0 Å². The van der Waals surface area contributed by atoms with Crippen LogP contribution in [0, 0.1) is 13.8 Å². The number of amides is 1. The average molecular weight is 268 g/mol. The smallest absolute Gasteiger partial charge is 0.226 e. The van der Waals surface area contributed by atoms with Crippen LogP contribution in [0.1, 0.15) is 17.5 Å². The second-order valence-electron chi connectivity index (χ2n) is 4.91. The van der Waals surface area contributed by atoms with E-state index in [0.29, 0.717) is 13.0 Å². The van der Waals surface area contributed by atoms with Crippen LogP contribution in [0.2, 0.25) is 0 Å². The summed E-state index contributed by atoms with van der Waals surface area (Å²) in [5, 5.41) is 6.18. The van der Waals surface area contributed by atoms with Gasteiger partial charge in [0.05, 0.1) is 0 Å². The van der Waals surface area contributed by atoms with E-state index < -0.39 is 0 Å². The van der Waals surface area contributed by atoms with Crippen LogP contribution in [0.5, 0.6) is 0 Å². The van der Waals surface area contributed by atoms with Gasteiger partial charge in [-0.1, -0.05) is 30.3 Å². The highest BCUT2D eigenvalue weighted by Gasteiger charge is 2.04. The van der Waals surface area contributed by atoms with Crippen LogP contribution in [0.3, 0.4) is 0 Å². The highest BCUT2D eigenvalue weighted by Crippen LogP contribution is 2.16. The lowest BCUT2D eigenvalue weighted by Gasteiger charge is -2.10. The van der Waals surface area contributed by atoms with Gasteiger partial charge in [0.25, 0.3) is 0 Å². The van der Waals surface area contributed by atoms with E-state index in [2.05, 4.69) is 10.6 Å². The van der Waals surface area contributed by atoms with E-state index >= 15 is 0 Å². The molecule has 3 heteroatoms. The Morgan fingerprint density at radius 2 is 1.80 bits per heavy atom. The summed E-state index contributed by atoms with van der Waals surface area (Å²) in [6, 6.07) is 16.0. The van der Waals surface area contributed by atoms with Gasteiger partial charge in [-0.2, -0.15) is 0 Å². The maximum Gasteiger partial charge on any atom is 0.226 e. The highest BCUT2D eigenvalue weighted by atomic mass is 16.1. The molecule has 2 aromatic rings. The number of benzene rings is 2. The fourth-order valence-corrected chi connectivity index (χ4v) is 1.96. The zero-order chi connectivity index (χ0) is 14.4. The van der Waals surface area contributed by atoms with Crippen molar-refractivity contribution in [1.82, 2.24) is 0 Å². The Morgan fingerprint density at radius 1 is 1.05 bits per heavy atom. The summed E-state index contributed by atoms with van der Waals surface area (Å²) in [5.74, 6) is 0.0298. The molecule has 0 aliphatic rings. The molecule has 3 nitrogen and oxygen atoms in total. The van der Waals surface area contributed by atoms with Crippen LogP contribution in [-0.2, 0) is 4.79 Å². The third-order valence-electron chi connectivity index (χ3n) is 3.12. The molecule has 0 aliphatic carbocycles. The molecule has 2 N–H and O–H groups in total. The lowest BCUT2D eigenvalue weighted by atomic mass is 10.1. The molecule has 0 aromatic heterocycles. The van der Waals surface area contributed by atoms with Crippen molar-refractivity contribution < 1.29 is 4.79 Å². The molecule has 0 unspecified atom stereocenters. The second kappa shape index (κ2) is 6.75. The number of anilines is 2. The average Bonchev–Trinajstić information content (AvgIpc) is 2.44. The van der Waals surface area contributed by atoms with Gasteiger partial charge in [-0.15, -0.1) is 0 Å². The summed E-state index contributed by atoms with van der Waals surface area (Å²) in [4.78, 5) is 11.9. The first-order chi connectivity index (χ1) is 9.65. The molecule has 0 saturated carbocycles. The van der Waals surface area contributed by atoms with Crippen molar-refractivity contribution in [3.05, 3.63) is 59.7 Å². The number of rotatable bonds is 5. The van der Waals surface area contributed by atoms with Gasteiger partial charge in [0.15, 0.2) is 0 Å². The van der Waals surface area contributed by atoms with Crippen molar-refractivity contribution in [3.63, 3.8) is 0 Å². The van der Waals surface area contributed by atoms with Crippen LogP contribution < -0.4 is 10.6 Å². The van der Waals surface area contributed by atoms with Crippen molar-refractivity contribution in [3.8, 4) is 0 Å². The number of carbonyl (C=O) groups is 1. The quantitative estimate of drug-likeness (QED) is 0.867. The molecule has 0 fully saturated rings.